The SMILES string of the molecule is O=C(NN=Cc1cnc2ccccc2c1)C1CCCCC1. The first-order chi connectivity index (χ1) is 10.3. The number of hydrogen-bond donors (Lipinski definition) is 1. The Morgan fingerprint density at radius 3 is 2.90 bits per heavy atom. The van der Waals surface area contributed by atoms with Crippen molar-refractivity contribution in [1.82, 2.24) is 10.4 Å². The first-order valence-corrected chi connectivity index (χ1v) is 7.50. The molecule has 0 atom stereocenters. The van der Waals surface area contributed by atoms with Gasteiger partial charge in [0.1, 0.15) is 0 Å². The van der Waals surface area contributed by atoms with Gasteiger partial charge in [-0.1, -0.05) is 37.5 Å². The number of carbonyl (C=O) groups is 1. The molecule has 4 heteroatoms. The zero-order chi connectivity index (χ0) is 14.5. The van der Waals surface area contributed by atoms with Gasteiger partial charge in [0.2, 0.25) is 5.91 Å². The predicted molar refractivity (Wildman–Crippen MR) is 84.1 cm³/mol. The average Bonchev–Trinajstić information content (AvgIpc) is 2.55. The minimum absolute atomic E-state index is 0.0414. The van der Waals surface area contributed by atoms with Crippen LogP contribution in [0.25, 0.3) is 10.9 Å². The molecule has 1 aliphatic rings. The number of aromatic nitrogens is 1. The third-order valence-corrected chi connectivity index (χ3v) is 3.98. The summed E-state index contributed by atoms with van der Waals surface area (Å²) in [4.78, 5) is 16.3. The highest BCUT2D eigenvalue weighted by Gasteiger charge is 2.20. The number of benzene rings is 1. The highest BCUT2D eigenvalue weighted by atomic mass is 16.2. The first kappa shape index (κ1) is 13.7. The Kier molecular flexibility index (Phi) is 4.24. The molecule has 3 rings (SSSR count). The van der Waals surface area contributed by atoms with Gasteiger partial charge in [0, 0.05) is 23.1 Å². The van der Waals surface area contributed by atoms with E-state index >= 15 is 0 Å². The summed E-state index contributed by atoms with van der Waals surface area (Å²) in [7, 11) is 0. The fraction of sp³-hybridized carbons (Fsp3) is 0.353. The third-order valence-electron chi connectivity index (χ3n) is 3.98. The lowest BCUT2D eigenvalue weighted by Crippen LogP contribution is -2.28. The van der Waals surface area contributed by atoms with Gasteiger partial charge in [0.25, 0.3) is 0 Å². The van der Waals surface area contributed by atoms with Crippen molar-refractivity contribution in [2.45, 2.75) is 32.1 Å². The van der Waals surface area contributed by atoms with Gasteiger partial charge in [-0.05, 0) is 25.0 Å². The molecule has 1 aromatic heterocycles. The first-order valence-electron chi connectivity index (χ1n) is 7.50. The summed E-state index contributed by atoms with van der Waals surface area (Å²) >= 11 is 0. The van der Waals surface area contributed by atoms with E-state index in [0.29, 0.717) is 0 Å². The Hall–Kier alpha value is -2.23. The quantitative estimate of drug-likeness (QED) is 0.693. The number of nitrogens with zero attached hydrogens (tertiary/aromatic N) is 2. The maximum atomic E-state index is 12.0. The average molecular weight is 281 g/mol. The highest BCUT2D eigenvalue weighted by molar-refractivity contribution is 5.88. The molecular weight excluding hydrogens is 262 g/mol. The molecule has 0 radical (unpaired) electrons. The number of pyridine rings is 1. The van der Waals surface area contributed by atoms with Crippen LogP contribution in [0.1, 0.15) is 37.7 Å². The Morgan fingerprint density at radius 2 is 2.05 bits per heavy atom. The Bertz CT molecular complexity index is 660. The summed E-state index contributed by atoms with van der Waals surface area (Å²) in [6, 6.07) is 9.95. The normalized spacial score (nSPS) is 16.4. The van der Waals surface area contributed by atoms with Gasteiger partial charge in [0.15, 0.2) is 0 Å². The number of para-hydroxylation sites is 1. The number of hydrogen-bond acceptors (Lipinski definition) is 3. The lowest BCUT2D eigenvalue weighted by molar-refractivity contribution is -0.125. The summed E-state index contributed by atoms with van der Waals surface area (Å²) in [5.74, 6) is 0.172. The summed E-state index contributed by atoms with van der Waals surface area (Å²) in [5, 5.41) is 5.13. The minimum Gasteiger partial charge on any atom is -0.273 e. The van der Waals surface area contributed by atoms with Crippen LogP contribution >= 0.6 is 0 Å². The number of fused-ring (bicyclic) bond motifs is 1. The predicted octanol–water partition coefficient (Wildman–Crippen LogP) is 3.27. The van der Waals surface area contributed by atoms with E-state index in [1.54, 1.807) is 12.4 Å². The standard InChI is InChI=1S/C17H19N3O/c21-17(14-6-2-1-3-7-14)20-19-12-13-10-15-8-4-5-9-16(15)18-11-13/h4-5,8-12,14H,1-3,6-7H2,(H,20,21). The van der Waals surface area contributed by atoms with Crippen LogP contribution in [-0.2, 0) is 4.79 Å². The molecule has 4 nitrogen and oxygen atoms in total. The molecule has 0 bridgehead atoms. The molecule has 0 unspecified atom stereocenters. The van der Waals surface area contributed by atoms with Gasteiger partial charge in [-0.3, -0.25) is 9.78 Å². The van der Waals surface area contributed by atoms with Crippen molar-refractivity contribution in [2.75, 3.05) is 0 Å². The van der Waals surface area contributed by atoms with E-state index in [0.717, 1.165) is 42.1 Å². The topological polar surface area (TPSA) is 54.4 Å². The van der Waals surface area contributed by atoms with Crippen LogP contribution in [0.2, 0.25) is 0 Å². The van der Waals surface area contributed by atoms with Crippen LogP contribution < -0.4 is 5.43 Å². The largest absolute Gasteiger partial charge is 0.273 e. The van der Waals surface area contributed by atoms with Crippen molar-refractivity contribution < 1.29 is 4.79 Å². The molecule has 1 aliphatic carbocycles. The van der Waals surface area contributed by atoms with E-state index in [1.807, 2.05) is 30.3 Å². The molecule has 0 spiro atoms. The van der Waals surface area contributed by atoms with Crippen LogP contribution in [0.5, 0.6) is 0 Å². The summed E-state index contributed by atoms with van der Waals surface area (Å²) in [6.45, 7) is 0. The zero-order valence-corrected chi connectivity index (χ0v) is 12.0. The van der Waals surface area contributed by atoms with E-state index < -0.39 is 0 Å². The number of carbonyl (C=O) groups excluding carboxylic acids is 1. The van der Waals surface area contributed by atoms with Crippen molar-refractivity contribution >= 4 is 23.0 Å². The van der Waals surface area contributed by atoms with Gasteiger partial charge in [-0.25, -0.2) is 5.43 Å². The molecule has 1 aromatic carbocycles. The molecule has 0 aliphatic heterocycles. The van der Waals surface area contributed by atoms with Crippen LogP contribution in [0.3, 0.4) is 0 Å². The number of rotatable bonds is 3. The van der Waals surface area contributed by atoms with Gasteiger partial charge in [-0.2, -0.15) is 5.10 Å². The summed E-state index contributed by atoms with van der Waals surface area (Å²) < 4.78 is 0. The van der Waals surface area contributed by atoms with Crippen LogP contribution in [-0.4, -0.2) is 17.1 Å². The van der Waals surface area contributed by atoms with E-state index in [9.17, 15) is 4.79 Å². The zero-order valence-electron chi connectivity index (χ0n) is 12.0. The van der Waals surface area contributed by atoms with Crippen molar-refractivity contribution in [3.63, 3.8) is 0 Å². The Balaban J connectivity index is 1.63. The molecule has 0 saturated heterocycles. The second kappa shape index (κ2) is 6.48. The van der Waals surface area contributed by atoms with E-state index in [1.165, 1.54) is 6.42 Å². The van der Waals surface area contributed by atoms with Crippen LogP contribution in [0, 0.1) is 5.92 Å². The van der Waals surface area contributed by atoms with E-state index in [2.05, 4.69) is 15.5 Å². The molecule has 1 fully saturated rings. The number of hydrazone groups is 1. The Morgan fingerprint density at radius 1 is 1.24 bits per heavy atom. The molecule has 2 aromatic rings. The van der Waals surface area contributed by atoms with Crippen LogP contribution in [0.4, 0.5) is 0 Å². The highest BCUT2D eigenvalue weighted by Crippen LogP contribution is 2.23. The fourth-order valence-corrected chi connectivity index (χ4v) is 2.79. The molecular formula is C17H19N3O. The minimum atomic E-state index is 0.0414. The van der Waals surface area contributed by atoms with Crippen LogP contribution in [0.15, 0.2) is 41.6 Å². The molecule has 1 amide bonds. The monoisotopic (exact) mass is 281 g/mol. The van der Waals surface area contributed by atoms with E-state index in [-0.39, 0.29) is 11.8 Å². The lowest BCUT2D eigenvalue weighted by atomic mass is 9.89. The van der Waals surface area contributed by atoms with Gasteiger partial charge >= 0.3 is 0 Å². The molecule has 108 valence electrons. The van der Waals surface area contributed by atoms with Crippen molar-refractivity contribution in [1.29, 1.82) is 0 Å². The van der Waals surface area contributed by atoms with Crippen molar-refractivity contribution in [2.24, 2.45) is 11.0 Å². The van der Waals surface area contributed by atoms with Crippen molar-refractivity contribution in [3.8, 4) is 0 Å². The molecule has 21 heavy (non-hydrogen) atoms. The second-order valence-electron chi connectivity index (χ2n) is 5.53. The molecule has 1 N–H and O–H groups in total. The Labute approximate surface area is 124 Å². The number of nitrogens with one attached hydrogen (secondary N) is 1. The number of amides is 1. The van der Waals surface area contributed by atoms with Crippen molar-refractivity contribution in [3.05, 3.63) is 42.1 Å². The maximum absolute atomic E-state index is 12.0. The fourth-order valence-electron chi connectivity index (χ4n) is 2.79. The second-order valence-corrected chi connectivity index (χ2v) is 5.53. The summed E-state index contributed by atoms with van der Waals surface area (Å²) in [6.07, 6.45) is 8.93. The molecule has 1 heterocycles. The lowest BCUT2D eigenvalue weighted by Gasteiger charge is -2.19. The van der Waals surface area contributed by atoms with Gasteiger partial charge in [0.05, 0.1) is 11.7 Å². The van der Waals surface area contributed by atoms with Gasteiger partial charge in [-0.15, -0.1) is 0 Å². The maximum Gasteiger partial charge on any atom is 0.243 e. The van der Waals surface area contributed by atoms with Gasteiger partial charge < -0.3 is 0 Å². The summed E-state index contributed by atoms with van der Waals surface area (Å²) in [5.41, 5.74) is 4.50. The van der Waals surface area contributed by atoms with E-state index in [4.69, 9.17) is 0 Å². The smallest absolute Gasteiger partial charge is 0.243 e. The third kappa shape index (κ3) is 3.45. The molecule has 1 saturated carbocycles.